The molecule has 0 spiro atoms. The molecule has 0 saturated heterocycles. The average Bonchev–Trinajstić information content (AvgIpc) is 3.12. The highest BCUT2D eigenvalue weighted by Crippen LogP contribution is 2.26. The molecule has 1 aromatic heterocycles. The van der Waals surface area contributed by atoms with E-state index in [1.807, 2.05) is 55.5 Å². The number of nitrogens with zero attached hydrogens (tertiary/aromatic N) is 1. The number of hydrogen-bond donors (Lipinski definition) is 3. The van der Waals surface area contributed by atoms with E-state index in [2.05, 4.69) is 16.4 Å². The van der Waals surface area contributed by atoms with Gasteiger partial charge in [-0.3, -0.25) is 4.98 Å². The van der Waals surface area contributed by atoms with Crippen LogP contribution >= 0.6 is 0 Å². The number of carbonyl (C=O) groups is 1. The maximum Gasteiger partial charge on any atom is 0.492 e. The summed E-state index contributed by atoms with van der Waals surface area (Å²) in [6.45, 7) is 3.38. The quantitative estimate of drug-likeness (QED) is 0.471. The molecule has 1 unspecified atom stereocenters. The van der Waals surface area contributed by atoms with E-state index in [1.54, 1.807) is 12.4 Å². The summed E-state index contributed by atoms with van der Waals surface area (Å²) in [5.41, 5.74) is 4.14. The van der Waals surface area contributed by atoms with Gasteiger partial charge >= 0.3 is 19.3 Å². The molecule has 1 aliphatic rings. The maximum atomic E-state index is 10.6. The van der Waals surface area contributed by atoms with E-state index in [0.29, 0.717) is 13.1 Å². The van der Waals surface area contributed by atoms with Gasteiger partial charge < -0.3 is 24.8 Å². The van der Waals surface area contributed by atoms with Crippen LogP contribution in [-0.4, -0.2) is 40.9 Å². The number of carboxylic acid groups (broad SMARTS) is 1. The molecule has 7 nitrogen and oxygen atoms in total. The second-order valence-electron chi connectivity index (χ2n) is 7.43. The third kappa shape index (κ3) is 6.80. The molecular formula is C23H22BF3N2O5. The number of hydrogen-bond acceptors (Lipinski definition) is 6. The number of carboxylic acids is 1. The molecule has 11 heteroatoms. The summed E-state index contributed by atoms with van der Waals surface area (Å²) < 4.78 is 43.3. The highest BCUT2D eigenvalue weighted by atomic mass is 19.4. The first kappa shape index (κ1) is 25.2. The molecule has 0 amide bonds. The number of rotatable bonds is 6. The molecule has 4 rings (SSSR count). The summed E-state index contributed by atoms with van der Waals surface area (Å²) in [5, 5.41) is 20.5. The van der Waals surface area contributed by atoms with Crippen molar-refractivity contribution in [3.63, 3.8) is 0 Å². The molecular weight excluding hydrogens is 452 g/mol. The van der Waals surface area contributed by atoms with Crippen molar-refractivity contribution >= 4 is 18.6 Å². The molecule has 0 fully saturated rings. The van der Waals surface area contributed by atoms with Gasteiger partial charge in [-0.2, -0.15) is 13.2 Å². The monoisotopic (exact) mass is 474 g/mol. The number of benzene rings is 2. The van der Waals surface area contributed by atoms with E-state index in [0.717, 1.165) is 33.7 Å². The van der Waals surface area contributed by atoms with Crippen LogP contribution in [0.3, 0.4) is 0 Å². The Labute approximate surface area is 194 Å². The van der Waals surface area contributed by atoms with E-state index in [4.69, 9.17) is 19.3 Å². The number of halogens is 3. The van der Waals surface area contributed by atoms with Crippen molar-refractivity contribution in [1.82, 2.24) is 10.3 Å². The van der Waals surface area contributed by atoms with Gasteiger partial charge in [0.15, 0.2) is 0 Å². The third-order valence-electron chi connectivity index (χ3n) is 4.91. The van der Waals surface area contributed by atoms with Crippen molar-refractivity contribution in [2.24, 2.45) is 0 Å². The number of aromatic nitrogens is 1. The zero-order chi connectivity index (χ0) is 24.7. The zero-order valence-corrected chi connectivity index (χ0v) is 18.1. The molecule has 2 heterocycles. The second-order valence-corrected chi connectivity index (χ2v) is 7.43. The predicted octanol–water partition coefficient (Wildman–Crippen LogP) is 3.36. The lowest BCUT2D eigenvalue weighted by molar-refractivity contribution is -0.192. The molecule has 178 valence electrons. The molecule has 0 bridgehead atoms. The van der Waals surface area contributed by atoms with E-state index in [-0.39, 0.29) is 6.10 Å². The van der Waals surface area contributed by atoms with Gasteiger partial charge in [0, 0.05) is 19.3 Å². The molecule has 3 aromatic rings. The highest BCUT2D eigenvalue weighted by molar-refractivity contribution is 6.61. The summed E-state index contributed by atoms with van der Waals surface area (Å²) in [6, 6.07) is 17.7. The van der Waals surface area contributed by atoms with E-state index >= 15 is 0 Å². The van der Waals surface area contributed by atoms with Crippen molar-refractivity contribution in [2.45, 2.75) is 25.7 Å². The van der Waals surface area contributed by atoms with Crippen molar-refractivity contribution in [3.05, 3.63) is 83.7 Å². The van der Waals surface area contributed by atoms with Gasteiger partial charge in [0.2, 0.25) is 0 Å². The first-order chi connectivity index (χ1) is 16.1. The molecule has 2 aromatic carbocycles. The van der Waals surface area contributed by atoms with Crippen LogP contribution in [0.15, 0.2) is 67.0 Å². The summed E-state index contributed by atoms with van der Waals surface area (Å²) in [5.74, 6) is -1.21. The third-order valence-corrected chi connectivity index (χ3v) is 4.91. The summed E-state index contributed by atoms with van der Waals surface area (Å²) in [4.78, 5) is 13.0. The minimum atomic E-state index is -5.08. The first-order valence-electron chi connectivity index (χ1n) is 10.3. The number of aryl methyl sites for hydroxylation is 1. The molecule has 1 atom stereocenters. The number of fused-ring (bicyclic) bond motifs is 1. The fourth-order valence-electron chi connectivity index (χ4n) is 3.31. The van der Waals surface area contributed by atoms with Gasteiger partial charge in [0.25, 0.3) is 0 Å². The second kappa shape index (κ2) is 11.1. The Balaban J connectivity index is 0.000000406. The van der Waals surface area contributed by atoms with E-state index in [1.165, 1.54) is 0 Å². The fourth-order valence-corrected chi connectivity index (χ4v) is 3.31. The lowest BCUT2D eigenvalue weighted by atomic mass is 9.79. The number of ether oxygens (including phenoxy) is 1. The Morgan fingerprint density at radius 1 is 1.21 bits per heavy atom. The molecule has 0 aliphatic carbocycles. The highest BCUT2D eigenvalue weighted by Gasteiger charge is 2.38. The van der Waals surface area contributed by atoms with Crippen LogP contribution in [0.5, 0.6) is 11.5 Å². The fraction of sp³-hybridized carbons (Fsp3) is 0.217. The van der Waals surface area contributed by atoms with Crippen molar-refractivity contribution < 1.29 is 37.5 Å². The van der Waals surface area contributed by atoms with Gasteiger partial charge in [-0.25, -0.2) is 4.79 Å². The van der Waals surface area contributed by atoms with Crippen LogP contribution in [-0.2, 0) is 16.0 Å². The van der Waals surface area contributed by atoms with Gasteiger partial charge in [0.05, 0.1) is 12.3 Å². The average molecular weight is 474 g/mol. The Hall–Kier alpha value is -3.41. The van der Waals surface area contributed by atoms with Crippen molar-refractivity contribution in [2.75, 3.05) is 6.54 Å². The van der Waals surface area contributed by atoms with Crippen LogP contribution in [0.25, 0.3) is 0 Å². The van der Waals surface area contributed by atoms with Crippen LogP contribution in [0, 0.1) is 6.92 Å². The largest absolute Gasteiger partial charge is 0.492 e. The van der Waals surface area contributed by atoms with Crippen LogP contribution in [0.4, 0.5) is 13.2 Å². The Morgan fingerprint density at radius 3 is 2.59 bits per heavy atom. The van der Waals surface area contributed by atoms with Gasteiger partial charge in [-0.1, -0.05) is 36.4 Å². The van der Waals surface area contributed by atoms with Crippen molar-refractivity contribution in [1.29, 1.82) is 0 Å². The normalized spacial score (nSPS) is 14.7. The smallest absolute Gasteiger partial charge is 0.475 e. The summed E-state index contributed by atoms with van der Waals surface area (Å²) in [7, 11) is -0.834. The molecule has 0 saturated carbocycles. The summed E-state index contributed by atoms with van der Waals surface area (Å²) in [6.07, 6.45) is -1.80. The Bertz CT molecular complexity index is 1120. The van der Waals surface area contributed by atoms with Crippen LogP contribution < -0.4 is 15.5 Å². The summed E-state index contributed by atoms with van der Waals surface area (Å²) >= 11 is 0. The molecule has 0 radical (unpaired) electrons. The van der Waals surface area contributed by atoms with Gasteiger partial charge in [-0.15, -0.1) is 0 Å². The standard InChI is InChI=1S/C21H21BN2O3.C2HF3O2/c1-15-11-16(8-9-20(15)26-17-5-4-10-23-13-17)12-24-14-21-18-6-2-3-7-19(18)22(25)27-21;3-2(4,5)1(6)7/h2-11,13,21,24-25H,12,14H2,1H3;(H,6,7). The van der Waals surface area contributed by atoms with Gasteiger partial charge in [-0.05, 0) is 47.3 Å². The molecule has 34 heavy (non-hydrogen) atoms. The first-order valence-corrected chi connectivity index (χ1v) is 10.3. The lowest BCUT2D eigenvalue weighted by Crippen LogP contribution is -2.28. The lowest BCUT2D eigenvalue weighted by Gasteiger charge is -2.14. The molecule has 1 aliphatic heterocycles. The van der Waals surface area contributed by atoms with Crippen LogP contribution in [0.2, 0.25) is 0 Å². The van der Waals surface area contributed by atoms with E-state index in [9.17, 15) is 18.2 Å². The number of aliphatic carboxylic acids is 1. The number of nitrogens with one attached hydrogen (secondary N) is 1. The Kier molecular flexibility index (Phi) is 8.27. The Morgan fingerprint density at radius 2 is 1.94 bits per heavy atom. The minimum Gasteiger partial charge on any atom is -0.475 e. The minimum absolute atomic E-state index is 0.134. The SMILES string of the molecule is Cc1cc(CNCC2OB(O)c3ccccc32)ccc1Oc1cccnc1.O=C(O)C(F)(F)F. The van der Waals surface area contributed by atoms with Crippen molar-refractivity contribution in [3.8, 4) is 11.5 Å². The van der Waals surface area contributed by atoms with E-state index < -0.39 is 19.3 Å². The number of alkyl halides is 3. The van der Waals surface area contributed by atoms with Gasteiger partial charge in [0.1, 0.15) is 11.5 Å². The predicted molar refractivity (Wildman–Crippen MR) is 119 cm³/mol. The zero-order valence-electron chi connectivity index (χ0n) is 18.1. The topological polar surface area (TPSA) is 101 Å². The maximum absolute atomic E-state index is 10.6. The molecule has 3 N–H and O–H groups in total. The number of pyridine rings is 1. The van der Waals surface area contributed by atoms with Crippen LogP contribution in [0.1, 0.15) is 22.8 Å².